The fourth-order valence-electron chi connectivity index (χ4n) is 2.61. The lowest BCUT2D eigenvalue weighted by atomic mass is 10.1. The average molecular weight is 370 g/mol. The summed E-state index contributed by atoms with van der Waals surface area (Å²) in [6, 6.07) is 9.28. The highest BCUT2D eigenvalue weighted by atomic mass is 16.6. The lowest BCUT2D eigenvalue weighted by molar-refractivity contribution is -0.384. The first kappa shape index (κ1) is 18.2. The monoisotopic (exact) mass is 370 g/mol. The molecule has 2 N–H and O–H groups in total. The minimum Gasteiger partial charge on any atom is -0.494 e. The Morgan fingerprint density at radius 3 is 2.67 bits per heavy atom. The largest absolute Gasteiger partial charge is 0.494 e. The van der Waals surface area contributed by atoms with E-state index in [0.717, 1.165) is 0 Å². The number of fused-ring (bicyclic) bond motifs is 1. The molecular formula is C18H18N4O5. The number of hydrogen-bond acceptors (Lipinski definition) is 6. The Morgan fingerprint density at radius 1 is 1.19 bits per heavy atom. The number of aromatic nitrogens is 2. The molecule has 0 bridgehead atoms. The number of nitrogens with one attached hydrogen (secondary N) is 2. The molecule has 0 unspecified atom stereocenters. The van der Waals surface area contributed by atoms with Gasteiger partial charge in [0, 0.05) is 23.6 Å². The summed E-state index contributed by atoms with van der Waals surface area (Å²) in [4.78, 5) is 23.2. The molecule has 3 aromatic rings. The molecular weight excluding hydrogens is 352 g/mol. The molecule has 1 aromatic heterocycles. The van der Waals surface area contributed by atoms with Crippen molar-refractivity contribution in [3.63, 3.8) is 0 Å². The molecule has 0 spiro atoms. The minimum absolute atomic E-state index is 0.0537. The van der Waals surface area contributed by atoms with E-state index in [1.54, 1.807) is 18.2 Å². The number of nitro benzene ring substituents is 1. The first-order valence-electron chi connectivity index (χ1n) is 8.37. The number of ether oxygens (including phenoxy) is 2. The highest BCUT2D eigenvalue weighted by Crippen LogP contribution is 2.30. The van der Waals surface area contributed by atoms with E-state index in [1.807, 2.05) is 13.8 Å². The second-order valence-corrected chi connectivity index (χ2v) is 5.54. The molecule has 0 aliphatic heterocycles. The van der Waals surface area contributed by atoms with Gasteiger partial charge in [0.25, 0.3) is 11.6 Å². The topological polar surface area (TPSA) is 119 Å². The highest BCUT2D eigenvalue weighted by molar-refractivity contribution is 6.11. The van der Waals surface area contributed by atoms with E-state index >= 15 is 0 Å². The summed E-state index contributed by atoms with van der Waals surface area (Å²) >= 11 is 0. The van der Waals surface area contributed by atoms with E-state index in [1.165, 1.54) is 18.2 Å². The Labute approximate surface area is 154 Å². The fourth-order valence-corrected chi connectivity index (χ4v) is 2.61. The van der Waals surface area contributed by atoms with Crippen LogP contribution in [0.3, 0.4) is 0 Å². The summed E-state index contributed by atoms with van der Waals surface area (Å²) < 4.78 is 11.0. The number of carbonyl (C=O) groups is 1. The summed E-state index contributed by atoms with van der Waals surface area (Å²) in [5, 5.41) is 20.8. The van der Waals surface area contributed by atoms with Crippen LogP contribution in [0, 0.1) is 10.1 Å². The van der Waals surface area contributed by atoms with Gasteiger partial charge in [0.05, 0.1) is 29.3 Å². The molecule has 0 atom stereocenters. The van der Waals surface area contributed by atoms with E-state index in [4.69, 9.17) is 9.47 Å². The highest BCUT2D eigenvalue weighted by Gasteiger charge is 2.19. The molecule has 2 aromatic carbocycles. The molecule has 9 heteroatoms. The van der Waals surface area contributed by atoms with Gasteiger partial charge in [-0.05, 0) is 32.0 Å². The number of aromatic amines is 1. The van der Waals surface area contributed by atoms with Crippen molar-refractivity contribution in [1.29, 1.82) is 0 Å². The van der Waals surface area contributed by atoms with Crippen molar-refractivity contribution in [1.82, 2.24) is 10.2 Å². The van der Waals surface area contributed by atoms with Crippen molar-refractivity contribution in [3.8, 4) is 11.5 Å². The van der Waals surface area contributed by atoms with Crippen LogP contribution in [-0.4, -0.2) is 34.2 Å². The van der Waals surface area contributed by atoms with Crippen molar-refractivity contribution < 1.29 is 19.2 Å². The molecule has 140 valence electrons. The maximum atomic E-state index is 12.7. The van der Waals surface area contributed by atoms with Crippen LogP contribution >= 0.6 is 0 Å². The van der Waals surface area contributed by atoms with Gasteiger partial charge in [0.2, 0.25) is 0 Å². The van der Waals surface area contributed by atoms with Crippen molar-refractivity contribution in [2.45, 2.75) is 13.8 Å². The molecule has 27 heavy (non-hydrogen) atoms. The van der Waals surface area contributed by atoms with Gasteiger partial charge in [0.15, 0.2) is 5.69 Å². The minimum atomic E-state index is -0.521. The van der Waals surface area contributed by atoms with Crippen molar-refractivity contribution in [2.75, 3.05) is 18.5 Å². The summed E-state index contributed by atoms with van der Waals surface area (Å²) in [7, 11) is 0. The Kier molecular flexibility index (Phi) is 5.20. The molecule has 0 aliphatic carbocycles. The number of H-pyrrole nitrogens is 1. The lowest BCUT2D eigenvalue weighted by Crippen LogP contribution is -2.14. The molecule has 0 fully saturated rings. The van der Waals surface area contributed by atoms with Gasteiger partial charge in [-0.1, -0.05) is 0 Å². The predicted molar refractivity (Wildman–Crippen MR) is 99.5 cm³/mol. The van der Waals surface area contributed by atoms with Gasteiger partial charge in [-0.2, -0.15) is 5.10 Å². The first-order chi connectivity index (χ1) is 13.0. The number of benzene rings is 2. The lowest BCUT2D eigenvalue weighted by Gasteiger charge is -2.13. The van der Waals surface area contributed by atoms with Crippen LogP contribution in [0.15, 0.2) is 36.4 Å². The van der Waals surface area contributed by atoms with Crippen molar-refractivity contribution >= 4 is 28.2 Å². The molecule has 0 aliphatic rings. The molecule has 9 nitrogen and oxygen atoms in total. The third-order valence-electron chi connectivity index (χ3n) is 3.78. The second-order valence-electron chi connectivity index (χ2n) is 5.54. The smallest absolute Gasteiger partial charge is 0.276 e. The number of nitro groups is 1. The zero-order valence-corrected chi connectivity index (χ0v) is 14.8. The van der Waals surface area contributed by atoms with E-state index in [9.17, 15) is 14.9 Å². The zero-order chi connectivity index (χ0) is 19.4. The maximum Gasteiger partial charge on any atom is 0.276 e. The number of anilines is 1. The SMILES string of the molecule is CCOc1ccc(OCC)c(NC(=O)c2n[nH]c3ccc([N+](=O)[O-])cc23)c1. The van der Waals surface area contributed by atoms with Crippen molar-refractivity contribution in [2.24, 2.45) is 0 Å². The molecule has 1 amide bonds. The zero-order valence-electron chi connectivity index (χ0n) is 14.8. The molecule has 3 rings (SSSR count). The standard InChI is InChI=1S/C18H18N4O5/c1-3-26-12-6-8-16(27-4-2)15(10-12)19-18(23)17-13-9-11(22(24)25)5-7-14(13)20-21-17/h5-10H,3-4H2,1-2H3,(H,19,23)(H,20,21). The molecule has 0 saturated heterocycles. The summed E-state index contributed by atoms with van der Waals surface area (Å²) in [6.45, 7) is 4.60. The number of nitrogens with zero attached hydrogens (tertiary/aromatic N) is 2. The van der Waals surface area contributed by atoms with E-state index < -0.39 is 10.8 Å². The summed E-state index contributed by atoms with van der Waals surface area (Å²) in [6.07, 6.45) is 0. The van der Waals surface area contributed by atoms with Gasteiger partial charge < -0.3 is 14.8 Å². The summed E-state index contributed by atoms with van der Waals surface area (Å²) in [5.41, 5.74) is 0.887. The number of carbonyl (C=O) groups excluding carboxylic acids is 1. The Bertz CT molecular complexity index is 999. The Hall–Kier alpha value is -3.62. The van der Waals surface area contributed by atoms with Crippen LogP contribution in [0.4, 0.5) is 11.4 Å². The number of rotatable bonds is 7. The molecule has 0 saturated carbocycles. The molecule has 1 heterocycles. The normalized spacial score (nSPS) is 10.6. The van der Waals surface area contributed by atoms with Crippen LogP contribution in [0.5, 0.6) is 11.5 Å². The number of hydrogen-bond donors (Lipinski definition) is 2. The van der Waals surface area contributed by atoms with Gasteiger partial charge >= 0.3 is 0 Å². The predicted octanol–water partition coefficient (Wildman–Crippen LogP) is 3.52. The average Bonchev–Trinajstić information content (AvgIpc) is 3.07. The van der Waals surface area contributed by atoms with Crippen LogP contribution in [0.1, 0.15) is 24.3 Å². The summed E-state index contributed by atoms with van der Waals surface area (Å²) in [5.74, 6) is 0.551. The third kappa shape index (κ3) is 3.81. The third-order valence-corrected chi connectivity index (χ3v) is 3.78. The maximum absolute atomic E-state index is 12.7. The van der Waals surface area contributed by atoms with Crippen LogP contribution in [0.2, 0.25) is 0 Å². The fraction of sp³-hybridized carbons (Fsp3) is 0.222. The van der Waals surface area contributed by atoms with Gasteiger partial charge in [-0.3, -0.25) is 20.0 Å². The Balaban J connectivity index is 1.95. The van der Waals surface area contributed by atoms with Gasteiger partial charge in [-0.15, -0.1) is 0 Å². The van der Waals surface area contributed by atoms with E-state index in [2.05, 4.69) is 15.5 Å². The van der Waals surface area contributed by atoms with Crippen LogP contribution < -0.4 is 14.8 Å². The van der Waals surface area contributed by atoms with Gasteiger partial charge in [0.1, 0.15) is 11.5 Å². The van der Waals surface area contributed by atoms with Crippen LogP contribution in [0.25, 0.3) is 10.9 Å². The quantitative estimate of drug-likeness (QED) is 0.485. The van der Waals surface area contributed by atoms with E-state index in [0.29, 0.717) is 41.3 Å². The van der Waals surface area contributed by atoms with Crippen molar-refractivity contribution in [3.05, 3.63) is 52.2 Å². The van der Waals surface area contributed by atoms with Gasteiger partial charge in [-0.25, -0.2) is 0 Å². The van der Waals surface area contributed by atoms with E-state index in [-0.39, 0.29) is 11.4 Å². The second kappa shape index (κ2) is 7.73. The molecule has 0 radical (unpaired) electrons. The number of non-ortho nitro benzene ring substituents is 1. The first-order valence-corrected chi connectivity index (χ1v) is 8.37. The number of amides is 1. The van der Waals surface area contributed by atoms with Crippen LogP contribution in [-0.2, 0) is 0 Å². The Morgan fingerprint density at radius 2 is 1.96 bits per heavy atom.